The maximum absolute atomic E-state index is 12.9. The standard InChI is InChI=1S/C16H25NO3/c1-11-8-12-10-16(20)15(19)5-3-7-17(16)6-2-4-14(12,15)13(18)9-11/h11-12,19-20H,2-10H2,1H3/t11-,12+,14-,15+,16-/m1/s1. The lowest BCUT2D eigenvalue weighted by Crippen LogP contribution is -2.69. The number of hydrogen-bond acceptors (Lipinski definition) is 4. The van der Waals surface area contributed by atoms with Crippen molar-refractivity contribution in [3.8, 4) is 0 Å². The second kappa shape index (κ2) is 3.84. The summed E-state index contributed by atoms with van der Waals surface area (Å²) in [6.45, 7) is 3.79. The molecule has 0 aromatic rings. The molecule has 0 radical (unpaired) electrons. The molecule has 2 heterocycles. The number of piperidine rings is 1. The molecule has 2 N–H and O–H groups in total. The van der Waals surface area contributed by atoms with E-state index in [4.69, 9.17) is 0 Å². The summed E-state index contributed by atoms with van der Waals surface area (Å²) in [5.74, 6) is 0.777. The Kier molecular flexibility index (Phi) is 2.54. The van der Waals surface area contributed by atoms with E-state index < -0.39 is 16.7 Å². The van der Waals surface area contributed by atoms with Gasteiger partial charge in [0.25, 0.3) is 0 Å². The van der Waals surface area contributed by atoms with E-state index in [1.54, 1.807) is 0 Å². The molecule has 4 rings (SSSR count). The highest BCUT2D eigenvalue weighted by Gasteiger charge is 2.77. The van der Waals surface area contributed by atoms with E-state index in [1.165, 1.54) is 0 Å². The summed E-state index contributed by atoms with van der Waals surface area (Å²) in [5.41, 5.74) is -3.04. The van der Waals surface area contributed by atoms with Crippen molar-refractivity contribution in [3.05, 3.63) is 0 Å². The van der Waals surface area contributed by atoms with Crippen molar-refractivity contribution in [1.29, 1.82) is 0 Å². The molecule has 2 aliphatic heterocycles. The van der Waals surface area contributed by atoms with Gasteiger partial charge in [-0.3, -0.25) is 9.69 Å². The van der Waals surface area contributed by atoms with Gasteiger partial charge >= 0.3 is 0 Å². The molecule has 2 saturated carbocycles. The van der Waals surface area contributed by atoms with Gasteiger partial charge in [-0.1, -0.05) is 6.92 Å². The summed E-state index contributed by atoms with van der Waals surface area (Å²) in [7, 11) is 0. The van der Waals surface area contributed by atoms with Crippen LogP contribution in [0.3, 0.4) is 0 Å². The fourth-order valence-corrected chi connectivity index (χ4v) is 6.11. The smallest absolute Gasteiger partial charge is 0.148 e. The molecule has 4 aliphatic rings. The van der Waals surface area contributed by atoms with Gasteiger partial charge in [-0.05, 0) is 50.4 Å². The zero-order valence-electron chi connectivity index (χ0n) is 12.3. The number of hydrogen-bond donors (Lipinski definition) is 2. The topological polar surface area (TPSA) is 60.8 Å². The minimum atomic E-state index is -1.21. The van der Waals surface area contributed by atoms with Crippen molar-refractivity contribution in [3.63, 3.8) is 0 Å². The quantitative estimate of drug-likeness (QED) is 0.702. The van der Waals surface area contributed by atoms with Gasteiger partial charge < -0.3 is 10.2 Å². The highest BCUT2D eigenvalue weighted by Crippen LogP contribution is 2.67. The Balaban J connectivity index is 1.91. The third-order valence-corrected chi connectivity index (χ3v) is 6.84. The zero-order chi connectivity index (χ0) is 14.2. The van der Waals surface area contributed by atoms with Crippen LogP contribution in [-0.4, -0.2) is 45.3 Å². The van der Waals surface area contributed by atoms with Gasteiger partial charge in [0.15, 0.2) is 0 Å². The first-order valence-electron chi connectivity index (χ1n) is 8.17. The number of carbonyl (C=O) groups is 1. The van der Waals surface area contributed by atoms with E-state index in [0.717, 1.165) is 38.8 Å². The van der Waals surface area contributed by atoms with E-state index in [2.05, 4.69) is 11.8 Å². The van der Waals surface area contributed by atoms with Gasteiger partial charge in [0.1, 0.15) is 17.1 Å². The molecule has 20 heavy (non-hydrogen) atoms. The Labute approximate surface area is 120 Å². The number of Topliss-reactive ketones (excluding diaryl/α,β-unsaturated/α-hetero) is 1. The van der Waals surface area contributed by atoms with Crippen LogP contribution in [0.15, 0.2) is 0 Å². The molecule has 2 aliphatic carbocycles. The fourth-order valence-electron chi connectivity index (χ4n) is 6.11. The molecule has 4 fully saturated rings. The molecule has 1 unspecified atom stereocenters. The molecule has 1 spiro atoms. The maximum atomic E-state index is 12.9. The van der Waals surface area contributed by atoms with Gasteiger partial charge in [-0.15, -0.1) is 0 Å². The summed E-state index contributed by atoms with van der Waals surface area (Å²) in [5, 5.41) is 22.8. The molecule has 2 saturated heterocycles. The summed E-state index contributed by atoms with van der Waals surface area (Å²) in [4.78, 5) is 15.0. The Morgan fingerprint density at radius 1 is 1.20 bits per heavy atom. The summed E-state index contributed by atoms with van der Waals surface area (Å²) < 4.78 is 0. The second-order valence-corrected chi connectivity index (χ2v) is 7.71. The van der Waals surface area contributed by atoms with E-state index in [1.807, 2.05) is 0 Å². The number of nitrogens with zero attached hydrogens (tertiary/aromatic N) is 1. The Morgan fingerprint density at radius 3 is 2.65 bits per heavy atom. The van der Waals surface area contributed by atoms with Crippen molar-refractivity contribution >= 4 is 5.78 Å². The fraction of sp³-hybridized carbons (Fsp3) is 0.938. The van der Waals surface area contributed by atoms with E-state index >= 15 is 0 Å². The van der Waals surface area contributed by atoms with Crippen molar-refractivity contribution < 1.29 is 15.0 Å². The molecule has 0 aromatic carbocycles. The molecular formula is C16H25NO3. The van der Waals surface area contributed by atoms with Crippen molar-refractivity contribution in [2.45, 2.75) is 63.2 Å². The van der Waals surface area contributed by atoms with Gasteiger partial charge in [0.2, 0.25) is 0 Å². The maximum Gasteiger partial charge on any atom is 0.148 e. The Bertz CT molecular complexity index is 467. The second-order valence-electron chi connectivity index (χ2n) is 7.71. The number of rotatable bonds is 0. The predicted octanol–water partition coefficient (Wildman–Crippen LogP) is 1.30. The van der Waals surface area contributed by atoms with E-state index in [-0.39, 0.29) is 11.7 Å². The Morgan fingerprint density at radius 2 is 1.90 bits per heavy atom. The Hall–Kier alpha value is -0.450. The van der Waals surface area contributed by atoms with E-state index in [9.17, 15) is 15.0 Å². The minimum Gasteiger partial charge on any atom is -0.384 e. The lowest BCUT2D eigenvalue weighted by atomic mass is 9.56. The van der Waals surface area contributed by atoms with Crippen LogP contribution in [-0.2, 0) is 4.79 Å². The molecule has 4 bridgehead atoms. The summed E-state index contributed by atoms with van der Waals surface area (Å²) in [6.07, 6.45) is 5.28. The minimum absolute atomic E-state index is 0.162. The van der Waals surface area contributed by atoms with Crippen LogP contribution in [0.5, 0.6) is 0 Å². The zero-order valence-corrected chi connectivity index (χ0v) is 12.3. The highest BCUT2D eigenvalue weighted by atomic mass is 16.4. The van der Waals surface area contributed by atoms with Gasteiger partial charge in [0.05, 0.1) is 5.41 Å². The van der Waals surface area contributed by atoms with Crippen LogP contribution in [0, 0.1) is 17.3 Å². The number of aliphatic hydroxyl groups is 2. The summed E-state index contributed by atoms with van der Waals surface area (Å²) >= 11 is 0. The first kappa shape index (κ1) is 13.2. The third-order valence-electron chi connectivity index (χ3n) is 6.84. The van der Waals surface area contributed by atoms with Crippen LogP contribution in [0.2, 0.25) is 0 Å². The first-order chi connectivity index (χ1) is 9.44. The van der Waals surface area contributed by atoms with Crippen LogP contribution >= 0.6 is 0 Å². The van der Waals surface area contributed by atoms with Crippen LogP contribution in [0.25, 0.3) is 0 Å². The van der Waals surface area contributed by atoms with Gasteiger partial charge in [-0.25, -0.2) is 0 Å². The highest BCUT2D eigenvalue weighted by molar-refractivity contribution is 5.88. The van der Waals surface area contributed by atoms with Crippen molar-refractivity contribution in [2.24, 2.45) is 17.3 Å². The van der Waals surface area contributed by atoms with Crippen molar-refractivity contribution in [1.82, 2.24) is 4.90 Å². The lowest BCUT2D eigenvalue weighted by molar-refractivity contribution is -0.256. The first-order valence-corrected chi connectivity index (χ1v) is 8.17. The van der Waals surface area contributed by atoms with Gasteiger partial charge in [0, 0.05) is 19.5 Å². The van der Waals surface area contributed by atoms with Crippen molar-refractivity contribution in [2.75, 3.05) is 13.1 Å². The molecule has 4 heteroatoms. The third kappa shape index (κ3) is 1.23. The molecule has 112 valence electrons. The monoisotopic (exact) mass is 279 g/mol. The normalized spacial score (nSPS) is 58.1. The summed E-state index contributed by atoms with van der Waals surface area (Å²) in [6, 6.07) is 0. The number of ketones is 1. The SMILES string of the molecule is C[C@H]1CC(=O)[C@]23CCCN4CCC[C@@]2(O)[C@]4(O)C[C@@H]3C1. The largest absolute Gasteiger partial charge is 0.384 e. The molecule has 4 nitrogen and oxygen atoms in total. The number of carbonyl (C=O) groups excluding carboxylic acids is 1. The molecule has 0 aromatic heterocycles. The van der Waals surface area contributed by atoms with E-state index in [0.29, 0.717) is 25.2 Å². The molecule has 6 atom stereocenters. The van der Waals surface area contributed by atoms with Crippen LogP contribution in [0.1, 0.15) is 51.9 Å². The predicted molar refractivity (Wildman–Crippen MR) is 73.9 cm³/mol. The lowest BCUT2D eigenvalue weighted by Gasteiger charge is -2.54. The van der Waals surface area contributed by atoms with Crippen LogP contribution in [0.4, 0.5) is 0 Å². The average molecular weight is 279 g/mol. The molecule has 0 amide bonds. The van der Waals surface area contributed by atoms with Crippen LogP contribution < -0.4 is 0 Å². The van der Waals surface area contributed by atoms with Gasteiger partial charge in [-0.2, -0.15) is 0 Å². The molecular weight excluding hydrogens is 254 g/mol. The average Bonchev–Trinajstić information content (AvgIpc) is 2.55.